The summed E-state index contributed by atoms with van der Waals surface area (Å²) in [5.41, 5.74) is 3.62. The Balaban J connectivity index is 1.66. The number of aromatic nitrogens is 2. The molecule has 0 saturated carbocycles. The van der Waals surface area contributed by atoms with Crippen molar-refractivity contribution in [1.29, 1.82) is 0 Å². The zero-order chi connectivity index (χ0) is 23.0. The van der Waals surface area contributed by atoms with E-state index in [1.54, 1.807) is 0 Å². The van der Waals surface area contributed by atoms with Crippen LogP contribution in [0.3, 0.4) is 0 Å². The first kappa shape index (κ1) is 22.9. The number of hydrogen-bond acceptors (Lipinski definition) is 2. The molecule has 3 nitrogen and oxygen atoms in total. The summed E-state index contributed by atoms with van der Waals surface area (Å²) in [7, 11) is 0. The number of benzene rings is 3. The Kier molecular flexibility index (Phi) is 7.63. The number of nitrogens with zero attached hydrogens (tertiary/aromatic N) is 3. The van der Waals surface area contributed by atoms with Gasteiger partial charge in [-0.25, -0.2) is 13.8 Å². The van der Waals surface area contributed by atoms with Crippen molar-refractivity contribution in [2.75, 3.05) is 0 Å². The van der Waals surface area contributed by atoms with Crippen molar-refractivity contribution in [1.82, 2.24) is 14.5 Å². The van der Waals surface area contributed by atoms with E-state index in [1.165, 1.54) is 12.1 Å². The van der Waals surface area contributed by atoms with Gasteiger partial charge in [0, 0.05) is 37.3 Å². The van der Waals surface area contributed by atoms with Crippen molar-refractivity contribution in [2.24, 2.45) is 0 Å². The Bertz CT molecular complexity index is 1160. The summed E-state index contributed by atoms with van der Waals surface area (Å²) >= 11 is 0. The van der Waals surface area contributed by atoms with E-state index in [0.717, 1.165) is 48.1 Å². The van der Waals surface area contributed by atoms with E-state index in [0.29, 0.717) is 25.2 Å². The molecule has 1 heterocycles. The lowest BCUT2D eigenvalue weighted by Gasteiger charge is -2.24. The smallest absolute Gasteiger partial charge is 0.140 e. The normalized spacial score (nSPS) is 11.3. The lowest BCUT2D eigenvalue weighted by molar-refractivity contribution is 0.237. The highest BCUT2D eigenvalue weighted by atomic mass is 19.1. The Morgan fingerprint density at radius 2 is 1.58 bits per heavy atom. The first-order valence-corrected chi connectivity index (χ1v) is 11.4. The number of imidazole rings is 1. The van der Waals surface area contributed by atoms with Gasteiger partial charge >= 0.3 is 0 Å². The fourth-order valence-corrected chi connectivity index (χ4v) is 4.06. The summed E-state index contributed by atoms with van der Waals surface area (Å²) < 4.78 is 30.6. The van der Waals surface area contributed by atoms with Crippen LogP contribution in [0.25, 0.3) is 11.4 Å². The summed E-state index contributed by atoms with van der Waals surface area (Å²) in [5.74, 6) is 0.125. The molecule has 4 rings (SSSR count). The Labute approximate surface area is 194 Å². The molecule has 0 saturated heterocycles. The molecular weight excluding hydrogens is 416 g/mol. The van der Waals surface area contributed by atoms with Gasteiger partial charge in [-0.1, -0.05) is 74.0 Å². The van der Waals surface area contributed by atoms with Crippen LogP contribution in [0.2, 0.25) is 0 Å². The zero-order valence-electron chi connectivity index (χ0n) is 18.9. The second-order valence-electron chi connectivity index (χ2n) is 8.31. The molecule has 0 radical (unpaired) electrons. The van der Waals surface area contributed by atoms with Crippen LogP contribution in [0.5, 0.6) is 0 Å². The van der Waals surface area contributed by atoms with Crippen LogP contribution in [0, 0.1) is 11.6 Å². The van der Waals surface area contributed by atoms with Crippen LogP contribution in [-0.4, -0.2) is 14.5 Å². The third-order valence-corrected chi connectivity index (χ3v) is 5.74. The summed E-state index contributed by atoms with van der Waals surface area (Å²) in [4.78, 5) is 6.88. The third kappa shape index (κ3) is 5.93. The van der Waals surface area contributed by atoms with Crippen LogP contribution in [0.4, 0.5) is 8.78 Å². The molecule has 0 aliphatic rings. The van der Waals surface area contributed by atoms with Crippen molar-refractivity contribution in [3.05, 3.63) is 114 Å². The molecule has 0 aliphatic heterocycles. The average Bonchev–Trinajstić information content (AvgIpc) is 3.23. The molecule has 170 valence electrons. The summed E-state index contributed by atoms with van der Waals surface area (Å²) in [5, 5.41) is 0. The lowest BCUT2D eigenvalue weighted by atomic mass is 10.1. The Hall–Kier alpha value is -3.31. The minimum atomic E-state index is -0.426. The van der Waals surface area contributed by atoms with Gasteiger partial charge in [-0.05, 0) is 30.2 Å². The molecule has 0 bridgehead atoms. The van der Waals surface area contributed by atoms with Gasteiger partial charge in [0.25, 0.3) is 0 Å². The maximum atomic E-state index is 14.5. The molecule has 3 aromatic carbocycles. The van der Waals surface area contributed by atoms with Gasteiger partial charge in [0.1, 0.15) is 17.5 Å². The summed E-state index contributed by atoms with van der Waals surface area (Å²) in [6.07, 6.45) is 4.03. The molecule has 5 heteroatoms. The molecule has 4 aromatic rings. The predicted molar refractivity (Wildman–Crippen MR) is 128 cm³/mol. The average molecular weight is 446 g/mol. The molecule has 1 aromatic heterocycles. The fraction of sp³-hybridized carbons (Fsp3) is 0.250. The lowest BCUT2D eigenvalue weighted by Crippen LogP contribution is -2.24. The molecular formula is C28H29F2N3. The molecule has 0 aliphatic carbocycles. The van der Waals surface area contributed by atoms with Crippen LogP contribution < -0.4 is 0 Å². The largest absolute Gasteiger partial charge is 0.327 e. The van der Waals surface area contributed by atoms with Gasteiger partial charge < -0.3 is 4.57 Å². The monoisotopic (exact) mass is 445 g/mol. The summed E-state index contributed by atoms with van der Waals surface area (Å²) in [6, 6.07) is 23.9. The van der Waals surface area contributed by atoms with Gasteiger partial charge in [0.15, 0.2) is 0 Å². The molecule has 0 N–H and O–H groups in total. The number of hydrogen-bond donors (Lipinski definition) is 0. The van der Waals surface area contributed by atoms with E-state index in [9.17, 15) is 8.78 Å². The number of rotatable bonds is 10. The number of halogens is 2. The molecule has 0 amide bonds. The first-order chi connectivity index (χ1) is 16.1. The van der Waals surface area contributed by atoms with E-state index in [2.05, 4.69) is 40.7 Å². The van der Waals surface area contributed by atoms with E-state index in [4.69, 9.17) is 4.98 Å². The van der Waals surface area contributed by atoms with Gasteiger partial charge in [0.2, 0.25) is 0 Å². The molecule has 33 heavy (non-hydrogen) atoms. The van der Waals surface area contributed by atoms with Gasteiger partial charge in [-0.2, -0.15) is 0 Å². The highest BCUT2D eigenvalue weighted by Crippen LogP contribution is 2.23. The van der Waals surface area contributed by atoms with E-state index in [1.807, 2.05) is 42.6 Å². The van der Waals surface area contributed by atoms with Gasteiger partial charge in [0.05, 0.1) is 11.9 Å². The van der Waals surface area contributed by atoms with Crippen molar-refractivity contribution < 1.29 is 8.78 Å². The van der Waals surface area contributed by atoms with Crippen molar-refractivity contribution in [3.8, 4) is 11.4 Å². The Morgan fingerprint density at radius 1 is 0.848 bits per heavy atom. The van der Waals surface area contributed by atoms with Crippen LogP contribution in [0.1, 0.15) is 36.6 Å². The predicted octanol–water partition coefficient (Wildman–Crippen LogP) is 6.83. The SMILES string of the molecule is CCCCn1c(CN(Cc2ccccc2)Cc2cc(F)ccc2F)cnc1-c1ccccc1. The van der Waals surface area contributed by atoms with E-state index in [-0.39, 0.29) is 5.82 Å². The second-order valence-corrected chi connectivity index (χ2v) is 8.31. The quantitative estimate of drug-likeness (QED) is 0.267. The Morgan fingerprint density at radius 3 is 2.30 bits per heavy atom. The van der Waals surface area contributed by atoms with E-state index < -0.39 is 5.82 Å². The number of unbranched alkanes of at least 4 members (excludes halogenated alkanes) is 1. The first-order valence-electron chi connectivity index (χ1n) is 11.4. The minimum Gasteiger partial charge on any atom is -0.327 e. The van der Waals surface area contributed by atoms with Gasteiger partial charge in [-0.15, -0.1) is 0 Å². The highest BCUT2D eigenvalue weighted by Gasteiger charge is 2.17. The standard InChI is InChI=1S/C28H29F2N3/c1-2-3-16-33-26(18-31-28(33)23-12-8-5-9-13-23)21-32(19-22-10-6-4-7-11-22)20-24-17-25(29)14-15-27(24)30/h4-15,17-18H,2-3,16,19-21H2,1H3. The van der Waals surface area contributed by atoms with Gasteiger partial charge in [-0.3, -0.25) is 4.90 Å². The van der Waals surface area contributed by atoms with Crippen molar-refractivity contribution in [2.45, 2.75) is 45.9 Å². The molecule has 0 atom stereocenters. The summed E-state index contributed by atoms with van der Waals surface area (Å²) in [6.45, 7) is 4.54. The maximum absolute atomic E-state index is 14.5. The maximum Gasteiger partial charge on any atom is 0.140 e. The minimum absolute atomic E-state index is 0.304. The second kappa shape index (κ2) is 11.0. The molecule has 0 spiro atoms. The fourth-order valence-electron chi connectivity index (χ4n) is 4.06. The van der Waals surface area contributed by atoms with Crippen LogP contribution in [-0.2, 0) is 26.2 Å². The van der Waals surface area contributed by atoms with Crippen molar-refractivity contribution in [3.63, 3.8) is 0 Å². The molecule has 0 fully saturated rings. The molecule has 0 unspecified atom stereocenters. The van der Waals surface area contributed by atoms with Crippen LogP contribution >= 0.6 is 0 Å². The topological polar surface area (TPSA) is 21.1 Å². The van der Waals surface area contributed by atoms with Crippen molar-refractivity contribution >= 4 is 0 Å². The highest BCUT2D eigenvalue weighted by molar-refractivity contribution is 5.55. The zero-order valence-corrected chi connectivity index (χ0v) is 18.9. The van der Waals surface area contributed by atoms with Crippen LogP contribution in [0.15, 0.2) is 85.1 Å². The van der Waals surface area contributed by atoms with E-state index >= 15 is 0 Å². The third-order valence-electron chi connectivity index (χ3n) is 5.74.